The number of rotatable bonds is 3. The van der Waals surface area contributed by atoms with Crippen LogP contribution in [-0.2, 0) is 10.0 Å². The molecular weight excluding hydrogens is 318 g/mol. The number of nitrogens with zero attached hydrogens (tertiary/aromatic N) is 2. The largest absolute Gasteiger partial charge is 0.381 e. The molecule has 0 aliphatic carbocycles. The quantitative estimate of drug-likeness (QED) is 0.914. The van der Waals surface area contributed by atoms with Gasteiger partial charge in [0.25, 0.3) is 0 Å². The van der Waals surface area contributed by atoms with Gasteiger partial charge < -0.3 is 5.32 Å². The highest BCUT2D eigenvalue weighted by atomic mass is 79.9. The zero-order chi connectivity index (χ0) is 13.2. The minimum absolute atomic E-state index is 0.305. The molecule has 100 valence electrons. The smallest absolute Gasteiger partial charge is 0.211 e. The first-order chi connectivity index (χ1) is 8.45. The molecule has 0 atom stereocenters. The summed E-state index contributed by atoms with van der Waals surface area (Å²) in [5.41, 5.74) is 0.960. The van der Waals surface area contributed by atoms with Crippen LogP contribution in [0.25, 0.3) is 0 Å². The van der Waals surface area contributed by atoms with Gasteiger partial charge in [-0.05, 0) is 34.8 Å². The van der Waals surface area contributed by atoms with Gasteiger partial charge in [0.2, 0.25) is 10.0 Å². The van der Waals surface area contributed by atoms with Crippen molar-refractivity contribution in [2.75, 3.05) is 24.7 Å². The molecule has 18 heavy (non-hydrogen) atoms. The third kappa shape index (κ3) is 3.66. The van der Waals surface area contributed by atoms with E-state index in [4.69, 9.17) is 0 Å². The summed E-state index contributed by atoms with van der Waals surface area (Å²) in [5.74, 6) is 0. The summed E-state index contributed by atoms with van der Waals surface area (Å²) in [4.78, 5) is 4.09. The summed E-state index contributed by atoms with van der Waals surface area (Å²) in [6, 6.07) is 2.27. The van der Waals surface area contributed by atoms with Crippen molar-refractivity contribution in [1.29, 1.82) is 0 Å². The minimum atomic E-state index is -3.04. The molecule has 1 aromatic heterocycles. The van der Waals surface area contributed by atoms with E-state index in [9.17, 15) is 8.42 Å². The minimum Gasteiger partial charge on any atom is -0.381 e. The molecule has 0 saturated carbocycles. The maximum absolute atomic E-state index is 11.4. The molecule has 1 aliphatic rings. The summed E-state index contributed by atoms with van der Waals surface area (Å²) < 4.78 is 25.2. The first kappa shape index (κ1) is 13.8. The molecule has 2 heterocycles. The Labute approximate surface area is 116 Å². The van der Waals surface area contributed by atoms with Crippen molar-refractivity contribution in [3.05, 3.63) is 22.9 Å². The van der Waals surface area contributed by atoms with Crippen LogP contribution >= 0.6 is 15.9 Å². The van der Waals surface area contributed by atoms with Crippen molar-refractivity contribution < 1.29 is 8.42 Å². The van der Waals surface area contributed by atoms with E-state index < -0.39 is 10.0 Å². The van der Waals surface area contributed by atoms with Crippen LogP contribution in [0.3, 0.4) is 0 Å². The first-order valence-corrected chi connectivity index (χ1v) is 8.41. The number of sulfonamides is 1. The van der Waals surface area contributed by atoms with Crippen LogP contribution in [0.15, 0.2) is 22.9 Å². The fraction of sp³-hybridized carbons (Fsp3) is 0.545. The summed E-state index contributed by atoms with van der Waals surface area (Å²) in [7, 11) is -3.04. The topological polar surface area (TPSA) is 62.3 Å². The molecule has 1 fully saturated rings. The molecule has 2 rings (SSSR count). The van der Waals surface area contributed by atoms with E-state index in [1.165, 1.54) is 10.6 Å². The molecular formula is C11H16BrN3O2S. The van der Waals surface area contributed by atoms with Crippen LogP contribution in [0.5, 0.6) is 0 Å². The molecule has 1 aromatic rings. The highest BCUT2D eigenvalue weighted by molar-refractivity contribution is 9.10. The molecule has 1 saturated heterocycles. The van der Waals surface area contributed by atoms with E-state index >= 15 is 0 Å². The summed E-state index contributed by atoms with van der Waals surface area (Å²) >= 11 is 3.37. The molecule has 0 spiro atoms. The van der Waals surface area contributed by atoms with Gasteiger partial charge >= 0.3 is 0 Å². The van der Waals surface area contributed by atoms with Gasteiger partial charge in [0.05, 0.1) is 18.1 Å². The van der Waals surface area contributed by atoms with Gasteiger partial charge in [0, 0.05) is 29.8 Å². The van der Waals surface area contributed by atoms with Crippen LogP contribution in [0, 0.1) is 0 Å². The van der Waals surface area contributed by atoms with E-state index in [1.807, 2.05) is 6.07 Å². The SMILES string of the molecule is CS(=O)(=O)N1CCC(Nc2cncc(Br)c2)CC1. The second-order valence-electron chi connectivity index (χ2n) is 4.47. The van der Waals surface area contributed by atoms with Crippen LogP contribution in [0.1, 0.15) is 12.8 Å². The molecule has 0 radical (unpaired) electrons. The van der Waals surface area contributed by atoms with E-state index in [1.54, 1.807) is 12.4 Å². The van der Waals surface area contributed by atoms with Crippen LogP contribution < -0.4 is 5.32 Å². The number of piperidine rings is 1. The monoisotopic (exact) mass is 333 g/mol. The molecule has 0 aromatic carbocycles. The maximum atomic E-state index is 11.4. The predicted molar refractivity (Wildman–Crippen MR) is 75.0 cm³/mol. The third-order valence-corrected chi connectivity index (χ3v) is 4.74. The van der Waals surface area contributed by atoms with E-state index in [0.29, 0.717) is 19.1 Å². The van der Waals surface area contributed by atoms with Crippen molar-refractivity contribution in [2.45, 2.75) is 18.9 Å². The zero-order valence-electron chi connectivity index (χ0n) is 10.1. The fourth-order valence-corrected chi connectivity index (χ4v) is 3.30. The number of hydrogen-bond donors (Lipinski definition) is 1. The van der Waals surface area contributed by atoms with Crippen LogP contribution in [-0.4, -0.2) is 43.1 Å². The molecule has 0 unspecified atom stereocenters. The maximum Gasteiger partial charge on any atom is 0.211 e. The highest BCUT2D eigenvalue weighted by Crippen LogP contribution is 2.19. The number of pyridine rings is 1. The van der Waals surface area contributed by atoms with Gasteiger partial charge in [-0.3, -0.25) is 4.98 Å². The number of anilines is 1. The van der Waals surface area contributed by atoms with Gasteiger partial charge in [-0.25, -0.2) is 12.7 Å². The fourth-order valence-electron chi connectivity index (χ4n) is 2.06. The lowest BCUT2D eigenvalue weighted by atomic mass is 10.1. The van der Waals surface area contributed by atoms with Gasteiger partial charge in [-0.1, -0.05) is 0 Å². The molecule has 5 nitrogen and oxygen atoms in total. The Balaban J connectivity index is 1.91. The first-order valence-electron chi connectivity index (χ1n) is 5.77. The van der Waals surface area contributed by atoms with Crippen molar-refractivity contribution in [3.63, 3.8) is 0 Å². The lowest BCUT2D eigenvalue weighted by Crippen LogP contribution is -2.41. The Hall–Kier alpha value is -0.660. The molecule has 1 aliphatic heterocycles. The number of aromatic nitrogens is 1. The Bertz CT molecular complexity index is 513. The number of nitrogens with one attached hydrogen (secondary N) is 1. The second-order valence-corrected chi connectivity index (χ2v) is 7.37. The van der Waals surface area contributed by atoms with Gasteiger partial charge in [0.1, 0.15) is 0 Å². The predicted octanol–water partition coefficient (Wildman–Crippen LogP) is 1.68. The number of hydrogen-bond acceptors (Lipinski definition) is 4. The molecule has 7 heteroatoms. The molecule has 0 amide bonds. The molecule has 0 bridgehead atoms. The summed E-state index contributed by atoms with van der Waals surface area (Å²) in [6.45, 7) is 1.16. The Kier molecular flexibility index (Phi) is 4.24. The third-order valence-electron chi connectivity index (χ3n) is 3.00. The van der Waals surface area contributed by atoms with Gasteiger partial charge in [0.15, 0.2) is 0 Å². The highest BCUT2D eigenvalue weighted by Gasteiger charge is 2.24. The average molecular weight is 334 g/mol. The lowest BCUT2D eigenvalue weighted by molar-refractivity contribution is 0.332. The number of halogens is 1. The lowest BCUT2D eigenvalue weighted by Gasteiger charge is -2.31. The van der Waals surface area contributed by atoms with Crippen LogP contribution in [0.2, 0.25) is 0 Å². The van der Waals surface area contributed by atoms with Gasteiger partial charge in [-0.2, -0.15) is 0 Å². The van der Waals surface area contributed by atoms with Crippen molar-refractivity contribution >= 4 is 31.6 Å². The van der Waals surface area contributed by atoms with E-state index in [2.05, 4.69) is 26.2 Å². The van der Waals surface area contributed by atoms with Crippen LogP contribution in [0.4, 0.5) is 5.69 Å². The Morgan fingerprint density at radius 2 is 2.06 bits per heavy atom. The normalized spacial score (nSPS) is 18.8. The van der Waals surface area contributed by atoms with E-state index in [-0.39, 0.29) is 0 Å². The average Bonchev–Trinajstić information content (AvgIpc) is 2.28. The Morgan fingerprint density at radius 1 is 1.39 bits per heavy atom. The Morgan fingerprint density at radius 3 is 2.61 bits per heavy atom. The second kappa shape index (κ2) is 5.54. The summed E-state index contributed by atoms with van der Waals surface area (Å²) in [5, 5.41) is 3.38. The zero-order valence-corrected chi connectivity index (χ0v) is 12.5. The van der Waals surface area contributed by atoms with Gasteiger partial charge in [-0.15, -0.1) is 0 Å². The summed E-state index contributed by atoms with van der Waals surface area (Å²) in [6.07, 6.45) is 6.41. The standard InChI is InChI=1S/C11H16BrN3O2S/c1-18(16,17)15-4-2-10(3-5-15)14-11-6-9(12)7-13-8-11/h6-8,10,14H,2-5H2,1H3. The van der Waals surface area contributed by atoms with Crippen molar-refractivity contribution in [3.8, 4) is 0 Å². The molecule has 1 N–H and O–H groups in total. The van der Waals surface area contributed by atoms with Crippen molar-refractivity contribution in [1.82, 2.24) is 9.29 Å². The van der Waals surface area contributed by atoms with E-state index in [0.717, 1.165) is 23.0 Å². The van der Waals surface area contributed by atoms with Crippen molar-refractivity contribution in [2.24, 2.45) is 0 Å².